The third-order valence-corrected chi connectivity index (χ3v) is 5.86. The van der Waals surface area contributed by atoms with Gasteiger partial charge in [0.2, 0.25) is 0 Å². The largest absolute Gasteiger partial charge is 0.405 e. The van der Waals surface area contributed by atoms with E-state index in [0.29, 0.717) is 0 Å². The molecule has 0 aromatic rings. The van der Waals surface area contributed by atoms with Gasteiger partial charge in [0.1, 0.15) is 0 Å². The molecule has 0 fully saturated rings. The lowest BCUT2D eigenvalue weighted by Crippen LogP contribution is -1.84. The molecule has 0 aliphatic rings. The van der Waals surface area contributed by atoms with Crippen LogP contribution in [0.2, 0.25) is 0 Å². The summed E-state index contributed by atoms with van der Waals surface area (Å²) in [6.45, 7) is 2.30. The normalized spacial score (nSPS) is 11.6. The van der Waals surface area contributed by atoms with Gasteiger partial charge in [-0.15, -0.1) is 0 Å². The van der Waals surface area contributed by atoms with Crippen molar-refractivity contribution in [1.29, 1.82) is 0 Å². The van der Waals surface area contributed by atoms with E-state index in [9.17, 15) is 0 Å². The molecule has 0 bridgehead atoms. The van der Waals surface area contributed by atoms with Crippen LogP contribution in [0.5, 0.6) is 0 Å². The van der Waals surface area contributed by atoms with E-state index in [0.717, 1.165) is 6.42 Å². The summed E-state index contributed by atoms with van der Waals surface area (Å²) in [4.78, 5) is 0. The smallest absolute Gasteiger partial charge is 0.0103 e. The van der Waals surface area contributed by atoms with Gasteiger partial charge in [0.15, 0.2) is 0 Å². The van der Waals surface area contributed by atoms with Gasteiger partial charge in [-0.1, -0.05) is 148 Å². The highest BCUT2D eigenvalue weighted by atomic mass is 14.5. The van der Waals surface area contributed by atoms with Crippen molar-refractivity contribution in [1.82, 2.24) is 0 Å². The van der Waals surface area contributed by atoms with Crippen molar-refractivity contribution >= 4 is 0 Å². The Morgan fingerprint density at radius 1 is 0.407 bits per heavy atom. The fraction of sp³-hybridized carbons (Fsp3) is 0.923. The summed E-state index contributed by atoms with van der Waals surface area (Å²) in [5.41, 5.74) is 5.34. The zero-order valence-electron chi connectivity index (χ0n) is 19.0. The second-order valence-electron chi connectivity index (χ2n) is 8.64. The molecule has 0 heterocycles. The van der Waals surface area contributed by atoms with E-state index in [1.807, 2.05) is 0 Å². The van der Waals surface area contributed by atoms with Gasteiger partial charge in [-0.25, -0.2) is 0 Å². The maximum absolute atomic E-state index is 5.34. The lowest BCUT2D eigenvalue weighted by Gasteiger charge is -2.04. The Kier molecular flexibility index (Phi) is 25.1. The van der Waals surface area contributed by atoms with Crippen LogP contribution in [-0.4, -0.2) is 0 Å². The van der Waals surface area contributed by atoms with Crippen LogP contribution in [0.3, 0.4) is 0 Å². The number of hydrogen-bond acceptors (Lipinski definition) is 1. The van der Waals surface area contributed by atoms with Gasteiger partial charge in [-0.3, -0.25) is 0 Å². The van der Waals surface area contributed by atoms with Crippen molar-refractivity contribution < 1.29 is 0 Å². The highest BCUT2D eigenvalue weighted by molar-refractivity contribution is 4.74. The van der Waals surface area contributed by atoms with Gasteiger partial charge in [-0.05, 0) is 19.0 Å². The first-order valence-corrected chi connectivity index (χ1v) is 12.8. The zero-order chi connectivity index (χ0) is 19.7. The van der Waals surface area contributed by atoms with E-state index in [2.05, 4.69) is 13.0 Å². The van der Waals surface area contributed by atoms with Crippen LogP contribution >= 0.6 is 0 Å². The Bertz CT molecular complexity index is 271. The predicted octanol–water partition coefficient (Wildman–Crippen LogP) is 9.45. The number of rotatable bonds is 23. The molecule has 0 saturated heterocycles. The molecule has 2 N–H and O–H groups in total. The fourth-order valence-electron chi connectivity index (χ4n) is 3.97. The average Bonchev–Trinajstić information content (AvgIpc) is 2.68. The van der Waals surface area contributed by atoms with Gasteiger partial charge < -0.3 is 5.73 Å². The topological polar surface area (TPSA) is 26.0 Å². The van der Waals surface area contributed by atoms with E-state index >= 15 is 0 Å². The summed E-state index contributed by atoms with van der Waals surface area (Å²) in [5, 5.41) is 0. The van der Waals surface area contributed by atoms with Gasteiger partial charge in [0.05, 0.1) is 0 Å². The summed E-state index contributed by atoms with van der Waals surface area (Å²) in [6.07, 6.45) is 36.9. The first-order valence-electron chi connectivity index (χ1n) is 12.8. The van der Waals surface area contributed by atoms with E-state index in [1.54, 1.807) is 6.20 Å². The maximum atomic E-state index is 5.34. The van der Waals surface area contributed by atoms with Crippen LogP contribution in [0, 0.1) is 0 Å². The zero-order valence-corrected chi connectivity index (χ0v) is 19.0. The Hall–Kier alpha value is -0.460. The van der Waals surface area contributed by atoms with Crippen molar-refractivity contribution in [2.45, 2.75) is 155 Å². The molecule has 0 aromatic carbocycles. The number of allylic oxidation sites excluding steroid dienone is 1. The number of unbranched alkanes of at least 4 members (excludes halogenated alkanes) is 22. The third-order valence-electron chi connectivity index (χ3n) is 5.86. The molecule has 0 atom stereocenters. The number of hydrogen-bond donors (Lipinski definition) is 1. The van der Waals surface area contributed by atoms with Crippen LogP contribution < -0.4 is 5.73 Å². The summed E-state index contributed by atoms with van der Waals surface area (Å²) >= 11 is 0. The molecule has 0 saturated carbocycles. The second-order valence-corrected chi connectivity index (χ2v) is 8.64. The summed E-state index contributed by atoms with van der Waals surface area (Å²) in [7, 11) is 0. The highest BCUT2D eigenvalue weighted by Gasteiger charge is 1.95. The van der Waals surface area contributed by atoms with Crippen LogP contribution in [-0.2, 0) is 0 Å². The van der Waals surface area contributed by atoms with Crippen LogP contribution in [0.1, 0.15) is 155 Å². The Morgan fingerprint density at radius 3 is 0.926 bits per heavy atom. The maximum Gasteiger partial charge on any atom is -0.0103 e. The molecular weight excluding hydrogens is 326 g/mol. The van der Waals surface area contributed by atoms with Gasteiger partial charge in [0.25, 0.3) is 0 Å². The first-order chi connectivity index (χ1) is 13.4. The van der Waals surface area contributed by atoms with Gasteiger partial charge in [-0.2, -0.15) is 0 Å². The molecule has 0 radical (unpaired) electrons. The summed E-state index contributed by atoms with van der Waals surface area (Å²) < 4.78 is 0. The molecule has 27 heavy (non-hydrogen) atoms. The van der Waals surface area contributed by atoms with Crippen molar-refractivity contribution in [3.05, 3.63) is 12.3 Å². The molecule has 1 heteroatoms. The molecule has 0 amide bonds. The molecule has 0 aromatic heterocycles. The third kappa shape index (κ3) is 25.5. The van der Waals surface area contributed by atoms with Crippen molar-refractivity contribution in [3.8, 4) is 0 Å². The van der Waals surface area contributed by atoms with Crippen molar-refractivity contribution in [3.63, 3.8) is 0 Å². The highest BCUT2D eigenvalue weighted by Crippen LogP contribution is 2.15. The first kappa shape index (κ1) is 26.5. The molecule has 0 spiro atoms. The Morgan fingerprint density at radius 2 is 0.667 bits per heavy atom. The van der Waals surface area contributed by atoms with Crippen LogP contribution in [0.25, 0.3) is 0 Å². The van der Waals surface area contributed by atoms with Gasteiger partial charge >= 0.3 is 0 Å². The van der Waals surface area contributed by atoms with E-state index in [4.69, 9.17) is 5.73 Å². The monoisotopic (exact) mass is 379 g/mol. The standard InChI is InChI=1S/C26H53N/c1-2-3-4-5-6-7-8-9-10-11-12-13-14-15-16-17-18-19-20-21-22-23-24-25-26-27/h25-26H,2-24,27H2,1H3. The molecule has 0 rings (SSSR count). The molecule has 0 unspecified atom stereocenters. The Labute approximate surface area is 173 Å². The summed E-state index contributed by atoms with van der Waals surface area (Å²) in [5.74, 6) is 0. The Balaban J connectivity index is 2.97. The van der Waals surface area contributed by atoms with E-state index in [1.165, 1.54) is 141 Å². The summed E-state index contributed by atoms with van der Waals surface area (Å²) in [6, 6.07) is 0. The minimum absolute atomic E-state index is 1.16. The number of nitrogens with two attached hydrogens (primary N) is 1. The van der Waals surface area contributed by atoms with Crippen molar-refractivity contribution in [2.24, 2.45) is 5.73 Å². The lowest BCUT2D eigenvalue weighted by molar-refractivity contribution is 0.519. The van der Waals surface area contributed by atoms with Crippen LogP contribution in [0.15, 0.2) is 12.3 Å². The van der Waals surface area contributed by atoms with Gasteiger partial charge in [0, 0.05) is 0 Å². The molecule has 162 valence electrons. The minimum atomic E-state index is 1.16. The second kappa shape index (κ2) is 25.5. The van der Waals surface area contributed by atoms with Crippen molar-refractivity contribution in [2.75, 3.05) is 0 Å². The molecular formula is C26H53N. The lowest BCUT2D eigenvalue weighted by atomic mass is 10.0. The van der Waals surface area contributed by atoms with Crippen LogP contribution in [0.4, 0.5) is 0 Å². The predicted molar refractivity (Wildman–Crippen MR) is 125 cm³/mol. The molecule has 1 nitrogen and oxygen atoms in total. The van der Waals surface area contributed by atoms with E-state index in [-0.39, 0.29) is 0 Å². The minimum Gasteiger partial charge on any atom is -0.405 e. The fourth-order valence-corrected chi connectivity index (χ4v) is 3.97. The SMILES string of the molecule is CCCCCCCCCCCCCCCCCCCCCCCCC=CN. The molecule has 0 aliphatic carbocycles. The average molecular weight is 380 g/mol. The quantitative estimate of drug-likeness (QED) is 0.176. The molecule has 0 aliphatic heterocycles. The van der Waals surface area contributed by atoms with E-state index < -0.39 is 0 Å².